The highest BCUT2D eigenvalue weighted by molar-refractivity contribution is 6.33. The number of amides is 2. The van der Waals surface area contributed by atoms with Crippen molar-refractivity contribution in [3.05, 3.63) is 47.1 Å². The Kier molecular flexibility index (Phi) is 6.99. The van der Waals surface area contributed by atoms with Crippen LogP contribution in [0.5, 0.6) is 5.75 Å². The van der Waals surface area contributed by atoms with Crippen molar-refractivity contribution in [2.24, 2.45) is 0 Å². The highest BCUT2D eigenvalue weighted by Crippen LogP contribution is 2.34. The quantitative estimate of drug-likeness (QED) is 0.563. The summed E-state index contributed by atoms with van der Waals surface area (Å²) in [7, 11) is 0. The van der Waals surface area contributed by atoms with Gasteiger partial charge in [0.2, 0.25) is 5.91 Å². The molecule has 0 saturated carbocycles. The van der Waals surface area contributed by atoms with Gasteiger partial charge in [0.25, 0.3) is 5.91 Å². The Morgan fingerprint density at radius 1 is 1.12 bits per heavy atom. The van der Waals surface area contributed by atoms with Crippen molar-refractivity contribution in [2.45, 2.75) is 32.0 Å². The van der Waals surface area contributed by atoms with Gasteiger partial charge >= 0.3 is 6.18 Å². The molecule has 2 saturated heterocycles. The van der Waals surface area contributed by atoms with Crippen LogP contribution >= 0.6 is 11.6 Å². The number of hydrogen-bond donors (Lipinski definition) is 0. The Labute approximate surface area is 200 Å². The Bertz CT molecular complexity index is 1060. The maximum absolute atomic E-state index is 13.1. The molecule has 1 unspecified atom stereocenters. The fraction of sp³-hybridized carbons (Fsp3) is 0.435. The maximum atomic E-state index is 13.1. The lowest BCUT2D eigenvalue weighted by molar-refractivity contribution is -0.137. The fourth-order valence-corrected chi connectivity index (χ4v) is 4.43. The van der Waals surface area contributed by atoms with Gasteiger partial charge < -0.3 is 9.64 Å². The number of piperazine rings is 1. The largest absolute Gasteiger partial charge is 0.494 e. The third-order valence-electron chi connectivity index (χ3n) is 5.89. The van der Waals surface area contributed by atoms with Crippen molar-refractivity contribution >= 4 is 34.9 Å². The molecule has 0 N–H and O–H groups in total. The average molecular weight is 497 g/mol. The fourth-order valence-electron chi connectivity index (χ4n) is 4.15. The molecule has 34 heavy (non-hydrogen) atoms. The topological polar surface area (TPSA) is 66.0 Å². The van der Waals surface area contributed by atoms with E-state index in [4.69, 9.17) is 16.3 Å². The highest BCUT2D eigenvalue weighted by Gasteiger charge is 2.43. The summed E-state index contributed by atoms with van der Waals surface area (Å²) in [4.78, 5) is 34.6. The van der Waals surface area contributed by atoms with E-state index in [-0.39, 0.29) is 29.1 Å². The molecule has 1 aromatic heterocycles. The average Bonchev–Trinajstić information content (AvgIpc) is 3.11. The van der Waals surface area contributed by atoms with Gasteiger partial charge in [0.1, 0.15) is 11.6 Å². The van der Waals surface area contributed by atoms with Gasteiger partial charge in [-0.1, -0.05) is 18.5 Å². The van der Waals surface area contributed by atoms with Crippen LogP contribution in [0.1, 0.15) is 25.3 Å². The lowest BCUT2D eigenvalue weighted by atomic mass is 10.1. The molecule has 2 amide bonds. The third kappa shape index (κ3) is 4.97. The van der Waals surface area contributed by atoms with Crippen molar-refractivity contribution in [1.29, 1.82) is 0 Å². The van der Waals surface area contributed by atoms with E-state index < -0.39 is 17.8 Å². The van der Waals surface area contributed by atoms with Crippen molar-refractivity contribution in [3.63, 3.8) is 0 Å². The molecular formula is C23H24ClF3N4O3. The zero-order valence-electron chi connectivity index (χ0n) is 18.5. The first-order valence-corrected chi connectivity index (χ1v) is 11.4. The molecule has 1 aromatic carbocycles. The minimum absolute atomic E-state index is 0.0756. The van der Waals surface area contributed by atoms with Gasteiger partial charge in [-0.2, -0.15) is 13.2 Å². The van der Waals surface area contributed by atoms with Crippen LogP contribution in [0, 0.1) is 0 Å². The number of nitrogens with zero attached hydrogens (tertiary/aromatic N) is 4. The number of benzene rings is 1. The van der Waals surface area contributed by atoms with Gasteiger partial charge in [0, 0.05) is 32.4 Å². The van der Waals surface area contributed by atoms with E-state index in [1.165, 1.54) is 4.90 Å². The molecule has 2 fully saturated rings. The summed E-state index contributed by atoms with van der Waals surface area (Å²) in [5.41, 5.74) is -0.402. The van der Waals surface area contributed by atoms with Crippen LogP contribution in [0.3, 0.4) is 0 Å². The number of carbonyl (C=O) groups is 2. The first kappa shape index (κ1) is 24.3. The Morgan fingerprint density at radius 2 is 1.79 bits per heavy atom. The number of imide groups is 1. The maximum Gasteiger partial charge on any atom is 0.417 e. The molecule has 3 heterocycles. The Balaban J connectivity index is 1.39. The SMILES string of the molecule is CCCOc1ccc(N2C(=O)CC(N3CCN(c4ncc(C(F)(F)F)cc4Cl)CC3)C2=O)cc1. The van der Waals surface area contributed by atoms with Crippen LogP contribution in [0.25, 0.3) is 0 Å². The zero-order valence-corrected chi connectivity index (χ0v) is 19.3. The van der Waals surface area contributed by atoms with Crippen LogP contribution in [0.4, 0.5) is 24.7 Å². The normalized spacial score (nSPS) is 19.7. The van der Waals surface area contributed by atoms with Gasteiger partial charge in [-0.15, -0.1) is 0 Å². The number of alkyl halides is 3. The van der Waals surface area contributed by atoms with E-state index in [1.54, 1.807) is 29.2 Å². The molecule has 7 nitrogen and oxygen atoms in total. The van der Waals surface area contributed by atoms with Crippen LogP contribution < -0.4 is 14.5 Å². The summed E-state index contributed by atoms with van der Waals surface area (Å²) in [6.07, 6.45) is -2.80. The number of carbonyl (C=O) groups excluding carboxylic acids is 2. The molecule has 0 aliphatic carbocycles. The molecule has 4 rings (SSSR count). The Morgan fingerprint density at radius 3 is 2.38 bits per heavy atom. The van der Waals surface area contributed by atoms with Crippen LogP contribution in [-0.2, 0) is 15.8 Å². The predicted molar refractivity (Wildman–Crippen MR) is 121 cm³/mol. The van der Waals surface area contributed by atoms with Gasteiger partial charge in [-0.3, -0.25) is 14.5 Å². The van der Waals surface area contributed by atoms with E-state index >= 15 is 0 Å². The minimum Gasteiger partial charge on any atom is -0.494 e. The van der Waals surface area contributed by atoms with Crippen molar-refractivity contribution in [1.82, 2.24) is 9.88 Å². The summed E-state index contributed by atoms with van der Waals surface area (Å²) < 4.78 is 44.2. The van der Waals surface area contributed by atoms with E-state index in [0.29, 0.717) is 44.2 Å². The van der Waals surface area contributed by atoms with E-state index in [1.807, 2.05) is 11.8 Å². The van der Waals surface area contributed by atoms with E-state index in [2.05, 4.69) is 4.98 Å². The van der Waals surface area contributed by atoms with Gasteiger partial charge in [0.15, 0.2) is 0 Å². The zero-order chi connectivity index (χ0) is 24.5. The smallest absolute Gasteiger partial charge is 0.417 e. The molecule has 2 aliphatic rings. The number of hydrogen-bond acceptors (Lipinski definition) is 6. The molecule has 0 spiro atoms. The lowest BCUT2D eigenvalue weighted by Gasteiger charge is -2.37. The molecule has 1 atom stereocenters. The van der Waals surface area contributed by atoms with Crippen LogP contribution in [0.15, 0.2) is 36.5 Å². The molecule has 0 radical (unpaired) electrons. The number of halogens is 4. The van der Waals surface area contributed by atoms with Crippen molar-refractivity contribution in [2.75, 3.05) is 42.6 Å². The third-order valence-corrected chi connectivity index (χ3v) is 6.17. The number of anilines is 2. The molecular weight excluding hydrogens is 473 g/mol. The minimum atomic E-state index is -4.52. The molecule has 2 aliphatic heterocycles. The highest BCUT2D eigenvalue weighted by atomic mass is 35.5. The predicted octanol–water partition coefficient (Wildman–Crippen LogP) is 4.00. The second kappa shape index (κ2) is 9.79. The van der Waals surface area contributed by atoms with E-state index in [0.717, 1.165) is 18.7 Å². The second-order valence-corrected chi connectivity index (χ2v) is 8.59. The van der Waals surface area contributed by atoms with Gasteiger partial charge in [-0.25, -0.2) is 9.88 Å². The Hall–Kier alpha value is -2.85. The summed E-state index contributed by atoms with van der Waals surface area (Å²) in [6.45, 7) is 4.31. The van der Waals surface area contributed by atoms with Crippen molar-refractivity contribution < 1.29 is 27.5 Å². The van der Waals surface area contributed by atoms with Crippen LogP contribution in [-0.4, -0.2) is 60.5 Å². The molecule has 11 heteroatoms. The first-order chi connectivity index (χ1) is 16.2. The van der Waals surface area contributed by atoms with Crippen molar-refractivity contribution in [3.8, 4) is 5.75 Å². The second-order valence-electron chi connectivity index (χ2n) is 8.18. The number of rotatable bonds is 6. The summed E-state index contributed by atoms with van der Waals surface area (Å²) in [5.74, 6) is 0.390. The number of pyridine rings is 1. The molecule has 0 bridgehead atoms. The molecule has 182 valence electrons. The summed E-state index contributed by atoms with van der Waals surface area (Å²) in [5, 5.41) is -0.0760. The standard InChI is InChI=1S/C23H24ClF3N4O3/c1-2-11-34-17-5-3-16(4-6-17)31-20(32)13-19(22(31)33)29-7-9-30(10-8-29)21-18(24)12-15(14-28-21)23(25,26)27/h3-6,12,14,19H,2,7-11,13H2,1H3. The lowest BCUT2D eigenvalue weighted by Crippen LogP contribution is -2.52. The van der Waals surface area contributed by atoms with Crippen LogP contribution in [0.2, 0.25) is 5.02 Å². The summed E-state index contributed by atoms with van der Waals surface area (Å²) >= 11 is 6.07. The number of aromatic nitrogens is 1. The molecule has 2 aromatic rings. The van der Waals surface area contributed by atoms with Gasteiger partial charge in [0.05, 0.1) is 35.3 Å². The summed E-state index contributed by atoms with van der Waals surface area (Å²) in [6, 6.07) is 7.14. The van der Waals surface area contributed by atoms with E-state index in [9.17, 15) is 22.8 Å². The number of ether oxygens (including phenoxy) is 1. The monoisotopic (exact) mass is 496 g/mol. The van der Waals surface area contributed by atoms with Gasteiger partial charge in [-0.05, 0) is 36.8 Å². The first-order valence-electron chi connectivity index (χ1n) is 11.0.